The van der Waals surface area contributed by atoms with E-state index < -0.39 is 5.72 Å². The molecule has 0 atom stereocenters. The van der Waals surface area contributed by atoms with Crippen LogP contribution in [0, 0.1) is 6.92 Å². The normalized spacial score (nSPS) is 14.5. The summed E-state index contributed by atoms with van der Waals surface area (Å²) in [7, 11) is 0. The molecule has 0 unspecified atom stereocenters. The molecule has 4 aromatic rings. The van der Waals surface area contributed by atoms with Gasteiger partial charge >= 0.3 is 5.97 Å². The van der Waals surface area contributed by atoms with E-state index in [1.54, 1.807) is 6.07 Å². The molecule has 0 amide bonds. The minimum atomic E-state index is -1.19. The molecule has 0 fully saturated rings. The lowest BCUT2D eigenvalue weighted by Gasteiger charge is -2.34. The SMILES string of the molecule is Cc1cc2n(n1)C(c1ccccc1)(c1ccccc1)OC(=O)c1ccccc1-2. The Labute approximate surface area is 163 Å². The first-order valence-electron chi connectivity index (χ1n) is 9.21. The van der Waals surface area contributed by atoms with Crippen molar-refractivity contribution in [1.82, 2.24) is 9.78 Å². The quantitative estimate of drug-likeness (QED) is 0.480. The maximum absolute atomic E-state index is 13.3. The van der Waals surface area contributed by atoms with Gasteiger partial charge in [0.2, 0.25) is 0 Å². The van der Waals surface area contributed by atoms with Gasteiger partial charge < -0.3 is 4.74 Å². The zero-order chi connectivity index (χ0) is 19.1. The maximum atomic E-state index is 13.3. The van der Waals surface area contributed by atoms with Crippen LogP contribution < -0.4 is 0 Å². The van der Waals surface area contributed by atoms with Crippen molar-refractivity contribution in [2.24, 2.45) is 0 Å². The fraction of sp³-hybridized carbons (Fsp3) is 0.0833. The van der Waals surface area contributed by atoms with Crippen molar-refractivity contribution in [3.05, 3.63) is 113 Å². The Morgan fingerprint density at radius 3 is 1.93 bits per heavy atom. The third kappa shape index (κ3) is 2.31. The van der Waals surface area contributed by atoms with E-state index in [0.717, 1.165) is 28.1 Å². The Morgan fingerprint density at radius 2 is 1.32 bits per heavy atom. The molecule has 1 aliphatic heterocycles. The van der Waals surface area contributed by atoms with E-state index in [1.165, 1.54) is 0 Å². The van der Waals surface area contributed by atoms with E-state index in [1.807, 2.05) is 96.5 Å². The maximum Gasteiger partial charge on any atom is 0.341 e. The van der Waals surface area contributed by atoms with E-state index in [2.05, 4.69) is 0 Å². The summed E-state index contributed by atoms with van der Waals surface area (Å²) in [5, 5.41) is 4.79. The predicted octanol–water partition coefficient (Wildman–Crippen LogP) is 4.78. The van der Waals surface area contributed by atoms with Gasteiger partial charge in [0.05, 0.1) is 17.0 Å². The van der Waals surface area contributed by atoms with Crippen LogP contribution in [0.5, 0.6) is 0 Å². The second kappa shape index (κ2) is 6.20. The molecule has 1 aliphatic rings. The number of hydrogen-bond acceptors (Lipinski definition) is 3. The molecule has 4 heteroatoms. The van der Waals surface area contributed by atoms with Crippen LogP contribution in [0.2, 0.25) is 0 Å². The van der Waals surface area contributed by atoms with E-state index in [4.69, 9.17) is 9.84 Å². The highest BCUT2D eigenvalue weighted by Crippen LogP contribution is 2.42. The van der Waals surface area contributed by atoms with Crippen molar-refractivity contribution >= 4 is 5.97 Å². The van der Waals surface area contributed by atoms with Crippen LogP contribution >= 0.6 is 0 Å². The summed E-state index contributed by atoms with van der Waals surface area (Å²) in [4.78, 5) is 13.3. The summed E-state index contributed by atoms with van der Waals surface area (Å²) < 4.78 is 8.14. The molecule has 1 aromatic heterocycles. The number of carbonyl (C=O) groups excluding carboxylic acids is 1. The van der Waals surface area contributed by atoms with Crippen LogP contribution in [0.3, 0.4) is 0 Å². The van der Waals surface area contributed by atoms with Crippen LogP contribution in [0.4, 0.5) is 0 Å². The zero-order valence-electron chi connectivity index (χ0n) is 15.4. The first-order chi connectivity index (χ1) is 13.7. The van der Waals surface area contributed by atoms with Gasteiger partial charge in [-0.3, -0.25) is 0 Å². The molecular weight excluding hydrogens is 348 g/mol. The minimum absolute atomic E-state index is 0.369. The van der Waals surface area contributed by atoms with Crippen LogP contribution in [0.1, 0.15) is 27.2 Å². The lowest BCUT2D eigenvalue weighted by Crippen LogP contribution is -2.41. The fourth-order valence-electron chi connectivity index (χ4n) is 3.91. The van der Waals surface area contributed by atoms with Gasteiger partial charge in [-0.05, 0) is 19.1 Å². The highest BCUT2D eigenvalue weighted by molar-refractivity contribution is 5.98. The summed E-state index contributed by atoms with van der Waals surface area (Å²) in [6.45, 7) is 1.95. The van der Waals surface area contributed by atoms with Crippen molar-refractivity contribution in [2.75, 3.05) is 0 Å². The van der Waals surface area contributed by atoms with Gasteiger partial charge in [-0.1, -0.05) is 78.9 Å². The summed E-state index contributed by atoms with van der Waals surface area (Å²) in [6.07, 6.45) is 0. The largest absolute Gasteiger partial charge is 0.424 e. The second-order valence-corrected chi connectivity index (χ2v) is 6.89. The van der Waals surface area contributed by atoms with Gasteiger partial charge in [0.1, 0.15) is 0 Å². The lowest BCUT2D eigenvalue weighted by atomic mass is 9.93. The molecule has 3 aromatic carbocycles. The number of fused-ring (bicyclic) bond motifs is 3. The summed E-state index contributed by atoms with van der Waals surface area (Å²) in [6, 6.07) is 29.1. The molecule has 0 aliphatic carbocycles. The van der Waals surface area contributed by atoms with E-state index in [0.29, 0.717) is 5.56 Å². The molecule has 0 N–H and O–H groups in total. The average molecular weight is 366 g/mol. The van der Waals surface area contributed by atoms with Crippen LogP contribution in [0.15, 0.2) is 91.0 Å². The topological polar surface area (TPSA) is 44.1 Å². The monoisotopic (exact) mass is 366 g/mol. The molecule has 0 saturated heterocycles. The molecule has 0 radical (unpaired) electrons. The Hall–Kier alpha value is -3.66. The molecule has 0 spiro atoms. The Bertz CT molecular complexity index is 1120. The van der Waals surface area contributed by atoms with Crippen LogP contribution in [-0.4, -0.2) is 15.7 Å². The lowest BCUT2D eigenvalue weighted by molar-refractivity contribution is -0.0193. The van der Waals surface area contributed by atoms with Crippen LogP contribution in [-0.2, 0) is 10.5 Å². The number of nitrogens with zero attached hydrogens (tertiary/aromatic N) is 2. The molecule has 136 valence electrons. The molecule has 0 bridgehead atoms. The minimum Gasteiger partial charge on any atom is -0.424 e. The highest BCUT2D eigenvalue weighted by Gasteiger charge is 2.45. The van der Waals surface area contributed by atoms with Crippen LogP contribution in [0.25, 0.3) is 11.3 Å². The standard InChI is InChI=1S/C24H18N2O2/c1-17-16-22-20-14-8-9-15-21(20)23(27)28-24(26(22)25-17,18-10-4-2-5-11-18)19-12-6-3-7-13-19/h2-16H,1H3. The molecule has 2 heterocycles. The van der Waals surface area contributed by atoms with Crippen molar-refractivity contribution in [3.63, 3.8) is 0 Å². The van der Waals surface area contributed by atoms with Gasteiger partial charge in [0, 0.05) is 16.7 Å². The number of ether oxygens (including phenoxy) is 1. The molecule has 4 nitrogen and oxygen atoms in total. The Kier molecular flexibility index (Phi) is 3.66. The van der Waals surface area contributed by atoms with Crippen molar-refractivity contribution < 1.29 is 9.53 Å². The third-order valence-electron chi connectivity index (χ3n) is 5.12. The first-order valence-corrected chi connectivity index (χ1v) is 9.21. The number of benzene rings is 3. The molecule has 28 heavy (non-hydrogen) atoms. The number of hydrogen-bond donors (Lipinski definition) is 0. The Balaban J connectivity index is 1.92. The summed E-state index contributed by atoms with van der Waals surface area (Å²) in [5.74, 6) is -0.369. The van der Waals surface area contributed by atoms with E-state index >= 15 is 0 Å². The summed E-state index contributed by atoms with van der Waals surface area (Å²) >= 11 is 0. The van der Waals surface area contributed by atoms with Gasteiger partial charge in [-0.2, -0.15) is 5.10 Å². The number of rotatable bonds is 2. The molecule has 5 rings (SSSR count). The first kappa shape index (κ1) is 16.5. The van der Waals surface area contributed by atoms with Gasteiger partial charge in [0.15, 0.2) is 0 Å². The smallest absolute Gasteiger partial charge is 0.341 e. The zero-order valence-corrected chi connectivity index (χ0v) is 15.4. The second-order valence-electron chi connectivity index (χ2n) is 6.89. The number of aryl methyl sites for hydroxylation is 1. The van der Waals surface area contributed by atoms with Gasteiger partial charge in [-0.25, -0.2) is 9.48 Å². The van der Waals surface area contributed by atoms with Crippen molar-refractivity contribution in [2.45, 2.75) is 12.6 Å². The van der Waals surface area contributed by atoms with Crippen molar-refractivity contribution in [1.29, 1.82) is 0 Å². The van der Waals surface area contributed by atoms with E-state index in [-0.39, 0.29) is 5.97 Å². The number of carbonyl (C=O) groups is 1. The molecular formula is C24H18N2O2. The third-order valence-corrected chi connectivity index (χ3v) is 5.12. The predicted molar refractivity (Wildman–Crippen MR) is 107 cm³/mol. The molecule has 0 saturated carbocycles. The van der Waals surface area contributed by atoms with Gasteiger partial charge in [-0.15, -0.1) is 0 Å². The number of aromatic nitrogens is 2. The summed E-state index contributed by atoms with van der Waals surface area (Å²) in [5.41, 5.74) is 3.56. The highest BCUT2D eigenvalue weighted by atomic mass is 16.6. The number of esters is 1. The fourth-order valence-corrected chi connectivity index (χ4v) is 3.91. The Morgan fingerprint density at radius 1 is 0.786 bits per heavy atom. The number of cyclic esters (lactones) is 1. The van der Waals surface area contributed by atoms with E-state index in [9.17, 15) is 4.79 Å². The average Bonchev–Trinajstić information content (AvgIpc) is 3.11. The van der Waals surface area contributed by atoms with Crippen molar-refractivity contribution in [3.8, 4) is 11.3 Å². The van der Waals surface area contributed by atoms with Gasteiger partial charge in [0.25, 0.3) is 5.72 Å².